The normalized spacial score (nSPS) is 10.5. The number of hydrogen-bond acceptors (Lipinski definition) is 3. The highest BCUT2D eigenvalue weighted by Gasteiger charge is 2.11. The fraction of sp³-hybridized carbons (Fsp3) is 0.250. The second-order valence-electron chi connectivity index (χ2n) is 3.61. The third kappa shape index (κ3) is 2.43. The largest absolute Gasteiger partial charge is 0.497 e. The second kappa shape index (κ2) is 5.21. The van der Waals surface area contributed by atoms with E-state index in [1.54, 1.807) is 19.5 Å². The Bertz CT molecular complexity index is 510. The quantitative estimate of drug-likeness (QED) is 0.876. The van der Waals surface area contributed by atoms with Crippen LogP contribution < -0.4 is 10.5 Å². The molecule has 1 heterocycles. The summed E-state index contributed by atoms with van der Waals surface area (Å²) in [6.45, 7) is 0.572. The molecule has 0 amide bonds. The maximum atomic E-state index is 6.21. The lowest BCUT2D eigenvalue weighted by Gasteiger charge is -2.06. The van der Waals surface area contributed by atoms with Crippen molar-refractivity contribution in [2.45, 2.75) is 6.42 Å². The fourth-order valence-corrected chi connectivity index (χ4v) is 1.96. The van der Waals surface area contributed by atoms with Crippen LogP contribution in [-0.4, -0.2) is 23.6 Å². The summed E-state index contributed by atoms with van der Waals surface area (Å²) in [5.41, 5.74) is 8.29. The van der Waals surface area contributed by atoms with Gasteiger partial charge < -0.3 is 15.5 Å². The van der Waals surface area contributed by atoms with Crippen molar-refractivity contribution in [3.63, 3.8) is 0 Å². The van der Waals surface area contributed by atoms with Crippen molar-refractivity contribution >= 4 is 11.6 Å². The molecule has 2 aromatic rings. The van der Waals surface area contributed by atoms with Crippen LogP contribution in [0.3, 0.4) is 0 Å². The van der Waals surface area contributed by atoms with E-state index >= 15 is 0 Å². The van der Waals surface area contributed by atoms with Crippen molar-refractivity contribution in [3.8, 4) is 17.0 Å². The predicted molar refractivity (Wildman–Crippen MR) is 68.3 cm³/mol. The Morgan fingerprint density at radius 1 is 1.47 bits per heavy atom. The fourth-order valence-electron chi connectivity index (χ4n) is 1.70. The molecule has 0 aliphatic heterocycles. The Labute approximate surface area is 105 Å². The zero-order chi connectivity index (χ0) is 12.3. The van der Waals surface area contributed by atoms with Crippen molar-refractivity contribution < 1.29 is 4.74 Å². The molecule has 0 fully saturated rings. The number of methoxy groups -OCH3 is 1. The van der Waals surface area contributed by atoms with Crippen LogP contribution in [0.2, 0.25) is 5.02 Å². The lowest BCUT2D eigenvalue weighted by atomic mass is 10.1. The minimum absolute atomic E-state index is 0.572. The lowest BCUT2D eigenvalue weighted by Crippen LogP contribution is -2.04. The molecule has 0 aliphatic carbocycles. The third-order valence-corrected chi connectivity index (χ3v) is 2.86. The predicted octanol–water partition coefficient (Wildman–Crippen LogP) is 2.24. The van der Waals surface area contributed by atoms with Gasteiger partial charge in [-0.05, 0) is 24.7 Å². The van der Waals surface area contributed by atoms with Gasteiger partial charge in [0.05, 0.1) is 24.2 Å². The molecule has 17 heavy (non-hydrogen) atoms. The van der Waals surface area contributed by atoms with Gasteiger partial charge in [0.15, 0.2) is 0 Å². The molecule has 0 bridgehead atoms. The summed E-state index contributed by atoms with van der Waals surface area (Å²) in [7, 11) is 1.61. The number of imidazole rings is 1. The van der Waals surface area contributed by atoms with Crippen molar-refractivity contribution in [2.24, 2.45) is 5.73 Å². The van der Waals surface area contributed by atoms with Gasteiger partial charge in [-0.3, -0.25) is 0 Å². The molecule has 90 valence electrons. The van der Waals surface area contributed by atoms with Gasteiger partial charge in [-0.2, -0.15) is 0 Å². The molecule has 2 rings (SSSR count). The van der Waals surface area contributed by atoms with Crippen LogP contribution in [0.5, 0.6) is 5.75 Å². The number of nitrogens with one attached hydrogen (secondary N) is 1. The number of H-pyrrole nitrogens is 1. The molecule has 0 saturated heterocycles. The van der Waals surface area contributed by atoms with Crippen molar-refractivity contribution in [2.75, 3.05) is 13.7 Å². The lowest BCUT2D eigenvalue weighted by molar-refractivity contribution is 0.415. The summed E-state index contributed by atoms with van der Waals surface area (Å²) < 4.78 is 5.11. The Hall–Kier alpha value is -1.52. The number of ether oxygens (including phenoxy) is 1. The molecule has 0 spiro atoms. The molecule has 3 N–H and O–H groups in total. The van der Waals surface area contributed by atoms with Crippen LogP contribution in [0.25, 0.3) is 11.3 Å². The molecule has 5 heteroatoms. The minimum Gasteiger partial charge on any atom is -0.497 e. The minimum atomic E-state index is 0.572. The molecular formula is C12H14ClN3O. The molecule has 0 saturated carbocycles. The van der Waals surface area contributed by atoms with Gasteiger partial charge in [0.2, 0.25) is 0 Å². The van der Waals surface area contributed by atoms with Gasteiger partial charge in [0, 0.05) is 17.7 Å². The number of halogens is 1. The van der Waals surface area contributed by atoms with E-state index in [0.717, 1.165) is 29.1 Å². The zero-order valence-electron chi connectivity index (χ0n) is 9.53. The van der Waals surface area contributed by atoms with E-state index in [1.807, 2.05) is 12.1 Å². The van der Waals surface area contributed by atoms with Crippen LogP contribution in [0.15, 0.2) is 24.5 Å². The summed E-state index contributed by atoms with van der Waals surface area (Å²) in [4.78, 5) is 7.36. The van der Waals surface area contributed by atoms with Crippen molar-refractivity contribution in [1.29, 1.82) is 0 Å². The van der Waals surface area contributed by atoms with Gasteiger partial charge >= 0.3 is 0 Å². The number of hydrogen-bond donors (Lipinski definition) is 2. The van der Waals surface area contributed by atoms with E-state index in [4.69, 9.17) is 22.1 Å². The topological polar surface area (TPSA) is 63.9 Å². The Balaban J connectivity index is 2.42. The van der Waals surface area contributed by atoms with Gasteiger partial charge in [0.25, 0.3) is 0 Å². The number of aromatic amines is 1. The Morgan fingerprint density at radius 2 is 2.29 bits per heavy atom. The maximum absolute atomic E-state index is 6.21. The summed E-state index contributed by atoms with van der Waals surface area (Å²) in [6.07, 6.45) is 2.40. The van der Waals surface area contributed by atoms with Crippen LogP contribution in [0.4, 0.5) is 0 Å². The van der Waals surface area contributed by atoms with Gasteiger partial charge in [-0.1, -0.05) is 11.6 Å². The first-order chi connectivity index (χ1) is 8.26. The first kappa shape index (κ1) is 12.0. The van der Waals surface area contributed by atoms with Gasteiger partial charge in [-0.15, -0.1) is 0 Å². The first-order valence-corrected chi connectivity index (χ1v) is 5.70. The molecular weight excluding hydrogens is 238 g/mol. The summed E-state index contributed by atoms with van der Waals surface area (Å²) in [5.74, 6) is 0.731. The number of aromatic nitrogens is 2. The summed E-state index contributed by atoms with van der Waals surface area (Å²) >= 11 is 6.21. The highest BCUT2D eigenvalue weighted by Crippen LogP contribution is 2.31. The van der Waals surface area contributed by atoms with Gasteiger partial charge in [0.1, 0.15) is 5.75 Å². The zero-order valence-corrected chi connectivity index (χ0v) is 10.3. The average molecular weight is 252 g/mol. The maximum Gasteiger partial charge on any atom is 0.120 e. The Morgan fingerprint density at radius 3 is 2.94 bits per heavy atom. The van der Waals surface area contributed by atoms with Crippen molar-refractivity contribution in [3.05, 3.63) is 35.2 Å². The van der Waals surface area contributed by atoms with Crippen LogP contribution in [-0.2, 0) is 6.42 Å². The number of nitrogens with two attached hydrogens (primary N) is 1. The highest BCUT2D eigenvalue weighted by molar-refractivity contribution is 6.33. The monoisotopic (exact) mass is 251 g/mol. The first-order valence-electron chi connectivity index (χ1n) is 5.32. The molecule has 1 aromatic heterocycles. The van der Waals surface area contributed by atoms with E-state index < -0.39 is 0 Å². The highest BCUT2D eigenvalue weighted by atomic mass is 35.5. The molecule has 0 aliphatic rings. The number of benzene rings is 1. The standard InChI is InChI=1S/C12H14ClN3O/c1-17-8-2-3-9(10(13)6-8)12-11(4-5-14)15-7-16-12/h2-3,6-7H,4-5,14H2,1H3,(H,15,16). The van der Waals surface area contributed by atoms with Crippen LogP contribution >= 0.6 is 11.6 Å². The Kier molecular flexibility index (Phi) is 3.66. The molecule has 0 radical (unpaired) electrons. The van der Waals surface area contributed by atoms with Crippen LogP contribution in [0, 0.1) is 0 Å². The van der Waals surface area contributed by atoms with E-state index in [0.29, 0.717) is 11.6 Å². The van der Waals surface area contributed by atoms with Crippen LogP contribution in [0.1, 0.15) is 5.69 Å². The van der Waals surface area contributed by atoms with E-state index in [9.17, 15) is 0 Å². The number of rotatable bonds is 4. The van der Waals surface area contributed by atoms with Gasteiger partial charge in [-0.25, -0.2) is 4.98 Å². The second-order valence-corrected chi connectivity index (χ2v) is 4.02. The molecule has 1 aromatic carbocycles. The van der Waals surface area contributed by atoms with E-state index in [1.165, 1.54) is 0 Å². The number of nitrogens with zero attached hydrogens (tertiary/aromatic N) is 1. The molecule has 4 nitrogen and oxygen atoms in total. The van der Waals surface area contributed by atoms with E-state index in [-0.39, 0.29) is 0 Å². The smallest absolute Gasteiger partial charge is 0.120 e. The summed E-state index contributed by atoms with van der Waals surface area (Å²) in [6, 6.07) is 5.54. The molecule has 0 atom stereocenters. The average Bonchev–Trinajstić information content (AvgIpc) is 2.77. The third-order valence-electron chi connectivity index (χ3n) is 2.54. The SMILES string of the molecule is COc1ccc(-c2nc[nH]c2CCN)c(Cl)c1. The summed E-state index contributed by atoms with van der Waals surface area (Å²) in [5, 5.41) is 0.620. The molecule has 0 unspecified atom stereocenters. The van der Waals surface area contributed by atoms with E-state index in [2.05, 4.69) is 9.97 Å². The van der Waals surface area contributed by atoms with Crippen molar-refractivity contribution in [1.82, 2.24) is 9.97 Å².